The molecule has 0 bridgehead atoms. The zero-order valence-electron chi connectivity index (χ0n) is 13.3. The quantitative estimate of drug-likeness (QED) is 0.670. The van der Waals surface area contributed by atoms with Gasteiger partial charge >= 0.3 is 0 Å². The number of carbonyl (C=O) groups excluding carboxylic acids is 1. The van der Waals surface area contributed by atoms with Gasteiger partial charge in [0.05, 0.1) is 5.92 Å². The number of carbonyl (C=O) groups is 1. The lowest BCUT2D eigenvalue weighted by atomic mass is 9.28. The van der Waals surface area contributed by atoms with Crippen molar-refractivity contribution >= 4 is 5.91 Å². The summed E-state index contributed by atoms with van der Waals surface area (Å²) in [5.74, 6) is 1.74. The standard InChI is InChI=1S/C18H27NO/c1-11-6-7-19(9-11)15(20)14-12(2)17(4)10-16(3)8-13(14)18(16,17)5/h11,13-14H,2,6-10H2,1,3-5H3/t11?,13?,14?,16?,17-,18?/m1/s1. The highest BCUT2D eigenvalue weighted by atomic mass is 16.2. The van der Waals surface area contributed by atoms with Crippen LogP contribution in [0.15, 0.2) is 12.2 Å². The second-order valence-corrected chi connectivity index (χ2v) is 8.76. The molecule has 0 aromatic carbocycles. The molecular formula is C18H27NO. The van der Waals surface area contributed by atoms with Crippen molar-refractivity contribution in [3.8, 4) is 0 Å². The molecule has 0 spiro atoms. The summed E-state index contributed by atoms with van der Waals surface area (Å²) in [6.07, 6.45) is 3.64. The SMILES string of the molecule is C=C1C(C(=O)N2CCC(C)C2)C2CC3(C)C[C@@]1(C)C23C. The lowest BCUT2D eigenvalue weighted by Gasteiger charge is -2.75. The van der Waals surface area contributed by atoms with Crippen LogP contribution < -0.4 is 0 Å². The van der Waals surface area contributed by atoms with Crippen molar-refractivity contribution in [1.82, 2.24) is 4.90 Å². The number of amides is 1. The summed E-state index contributed by atoms with van der Waals surface area (Å²) in [6, 6.07) is 0. The van der Waals surface area contributed by atoms with Crippen LogP contribution in [-0.4, -0.2) is 23.9 Å². The summed E-state index contributed by atoms with van der Waals surface area (Å²) < 4.78 is 0. The second-order valence-electron chi connectivity index (χ2n) is 8.76. The Labute approximate surface area is 122 Å². The zero-order chi connectivity index (χ0) is 14.5. The van der Waals surface area contributed by atoms with E-state index >= 15 is 0 Å². The molecule has 2 heteroatoms. The fraction of sp³-hybridized carbons (Fsp3) is 0.833. The lowest BCUT2D eigenvalue weighted by Crippen LogP contribution is -2.69. The van der Waals surface area contributed by atoms with Crippen molar-refractivity contribution in [2.45, 2.75) is 47.0 Å². The molecule has 0 aromatic heterocycles. The fourth-order valence-corrected chi connectivity index (χ4v) is 6.54. The molecule has 20 heavy (non-hydrogen) atoms. The molecule has 4 fully saturated rings. The molecule has 1 heterocycles. The number of hydrogen-bond acceptors (Lipinski definition) is 1. The Morgan fingerprint density at radius 3 is 2.55 bits per heavy atom. The van der Waals surface area contributed by atoms with E-state index < -0.39 is 0 Å². The van der Waals surface area contributed by atoms with E-state index in [0.717, 1.165) is 13.1 Å². The van der Waals surface area contributed by atoms with Crippen molar-refractivity contribution in [2.75, 3.05) is 13.1 Å². The van der Waals surface area contributed by atoms with Gasteiger partial charge in [-0.1, -0.05) is 39.8 Å². The van der Waals surface area contributed by atoms with E-state index in [9.17, 15) is 4.79 Å². The Hall–Kier alpha value is -0.790. The minimum Gasteiger partial charge on any atom is -0.342 e. The van der Waals surface area contributed by atoms with Crippen LogP contribution in [0.3, 0.4) is 0 Å². The number of hydrogen-bond donors (Lipinski definition) is 0. The summed E-state index contributed by atoms with van der Waals surface area (Å²) in [5, 5.41) is 0. The monoisotopic (exact) mass is 273 g/mol. The van der Waals surface area contributed by atoms with Crippen molar-refractivity contribution in [2.24, 2.45) is 34.0 Å². The fourth-order valence-electron chi connectivity index (χ4n) is 6.54. The highest BCUT2D eigenvalue weighted by Crippen LogP contribution is 2.88. The summed E-state index contributed by atoms with van der Waals surface area (Å²) in [4.78, 5) is 15.1. The van der Waals surface area contributed by atoms with Gasteiger partial charge in [-0.25, -0.2) is 0 Å². The van der Waals surface area contributed by atoms with Crippen LogP contribution in [0.2, 0.25) is 0 Å². The van der Waals surface area contributed by atoms with Gasteiger partial charge in [-0.3, -0.25) is 4.79 Å². The van der Waals surface area contributed by atoms with Crippen molar-refractivity contribution in [3.63, 3.8) is 0 Å². The van der Waals surface area contributed by atoms with Crippen LogP contribution in [0, 0.1) is 34.0 Å². The Balaban J connectivity index is 1.65. The van der Waals surface area contributed by atoms with E-state index in [0.29, 0.717) is 28.6 Å². The highest BCUT2D eigenvalue weighted by Gasteiger charge is 2.83. The molecule has 1 saturated heterocycles. The van der Waals surface area contributed by atoms with Gasteiger partial charge in [0.15, 0.2) is 0 Å². The average Bonchev–Trinajstić information content (AvgIpc) is 2.83. The van der Waals surface area contributed by atoms with E-state index in [1.165, 1.54) is 24.8 Å². The first-order valence-electron chi connectivity index (χ1n) is 8.23. The van der Waals surface area contributed by atoms with Crippen molar-refractivity contribution in [1.29, 1.82) is 0 Å². The molecule has 2 nitrogen and oxygen atoms in total. The first kappa shape index (κ1) is 12.9. The molecule has 0 aromatic rings. The van der Waals surface area contributed by atoms with E-state index in [1.807, 2.05) is 0 Å². The maximum absolute atomic E-state index is 13.0. The molecule has 3 saturated carbocycles. The molecule has 110 valence electrons. The largest absolute Gasteiger partial charge is 0.342 e. The first-order chi connectivity index (χ1) is 9.24. The molecule has 5 unspecified atom stereocenters. The molecule has 1 amide bonds. The van der Waals surface area contributed by atoms with Crippen LogP contribution in [0.25, 0.3) is 0 Å². The smallest absolute Gasteiger partial charge is 0.230 e. The average molecular weight is 273 g/mol. The minimum atomic E-state index is 0.117. The number of likely N-dealkylation sites (tertiary alicyclic amines) is 1. The Morgan fingerprint density at radius 2 is 2.05 bits per heavy atom. The van der Waals surface area contributed by atoms with E-state index in [4.69, 9.17) is 0 Å². The van der Waals surface area contributed by atoms with Gasteiger partial charge in [0, 0.05) is 13.1 Å². The van der Waals surface area contributed by atoms with Gasteiger partial charge in [0.2, 0.25) is 5.91 Å². The van der Waals surface area contributed by atoms with Crippen LogP contribution in [0.4, 0.5) is 0 Å². The van der Waals surface area contributed by atoms with E-state index in [1.54, 1.807) is 0 Å². The van der Waals surface area contributed by atoms with Gasteiger partial charge < -0.3 is 4.90 Å². The van der Waals surface area contributed by atoms with E-state index in [-0.39, 0.29) is 11.3 Å². The topological polar surface area (TPSA) is 20.3 Å². The maximum atomic E-state index is 13.0. The Bertz CT molecular complexity index is 526. The Morgan fingerprint density at radius 1 is 1.35 bits per heavy atom. The molecule has 0 N–H and O–H groups in total. The summed E-state index contributed by atoms with van der Waals surface area (Å²) in [5.41, 5.74) is 2.28. The molecule has 4 rings (SSSR count). The zero-order valence-corrected chi connectivity index (χ0v) is 13.3. The maximum Gasteiger partial charge on any atom is 0.230 e. The van der Waals surface area contributed by atoms with Crippen molar-refractivity contribution < 1.29 is 4.79 Å². The van der Waals surface area contributed by atoms with Crippen LogP contribution in [-0.2, 0) is 4.79 Å². The molecule has 1 aliphatic heterocycles. The van der Waals surface area contributed by atoms with Crippen LogP contribution in [0.1, 0.15) is 47.0 Å². The normalized spacial score (nSPS) is 56.3. The molecule has 6 atom stereocenters. The third kappa shape index (κ3) is 1.06. The minimum absolute atomic E-state index is 0.117. The Kier molecular flexibility index (Phi) is 2.15. The van der Waals surface area contributed by atoms with Crippen LogP contribution >= 0.6 is 0 Å². The van der Waals surface area contributed by atoms with Gasteiger partial charge in [-0.15, -0.1) is 0 Å². The van der Waals surface area contributed by atoms with Crippen LogP contribution in [0.5, 0.6) is 0 Å². The second kappa shape index (κ2) is 3.34. The lowest BCUT2D eigenvalue weighted by molar-refractivity contribution is -0.268. The number of rotatable bonds is 1. The summed E-state index contributed by atoms with van der Waals surface area (Å²) in [7, 11) is 0. The van der Waals surface area contributed by atoms with Crippen molar-refractivity contribution in [3.05, 3.63) is 12.2 Å². The third-order valence-electron chi connectivity index (χ3n) is 8.04. The van der Waals surface area contributed by atoms with E-state index in [2.05, 4.69) is 39.2 Å². The third-order valence-corrected chi connectivity index (χ3v) is 8.04. The molecule has 3 aliphatic carbocycles. The molecule has 0 radical (unpaired) electrons. The summed E-state index contributed by atoms with van der Waals surface area (Å²) >= 11 is 0. The summed E-state index contributed by atoms with van der Waals surface area (Å²) in [6.45, 7) is 15.8. The number of nitrogens with zero attached hydrogens (tertiary/aromatic N) is 1. The van der Waals surface area contributed by atoms with Gasteiger partial charge in [0.25, 0.3) is 0 Å². The van der Waals surface area contributed by atoms with Gasteiger partial charge in [-0.05, 0) is 47.3 Å². The van der Waals surface area contributed by atoms with Gasteiger partial charge in [-0.2, -0.15) is 0 Å². The predicted octanol–water partition coefficient (Wildman–Crippen LogP) is 3.48. The predicted molar refractivity (Wildman–Crippen MR) is 80.0 cm³/mol. The molecular weight excluding hydrogens is 246 g/mol. The van der Waals surface area contributed by atoms with Gasteiger partial charge in [0.1, 0.15) is 0 Å². The highest BCUT2D eigenvalue weighted by molar-refractivity contribution is 5.84. The first-order valence-corrected chi connectivity index (χ1v) is 8.23. The molecule has 4 aliphatic rings.